The van der Waals surface area contributed by atoms with E-state index >= 15 is 0 Å². The van der Waals surface area contributed by atoms with Crippen LogP contribution in [0.15, 0.2) is 47.8 Å². The summed E-state index contributed by atoms with van der Waals surface area (Å²) in [5.74, 6) is 0.285. The summed E-state index contributed by atoms with van der Waals surface area (Å²) in [6, 6.07) is 11.9. The zero-order chi connectivity index (χ0) is 15.6. The van der Waals surface area contributed by atoms with E-state index in [-0.39, 0.29) is 5.91 Å². The number of thioether (sulfide) groups is 1. The van der Waals surface area contributed by atoms with Crippen molar-refractivity contribution >= 4 is 29.0 Å². The van der Waals surface area contributed by atoms with Gasteiger partial charge in [0.1, 0.15) is 0 Å². The van der Waals surface area contributed by atoms with E-state index in [0.717, 1.165) is 29.3 Å². The fourth-order valence-electron chi connectivity index (χ4n) is 2.89. The van der Waals surface area contributed by atoms with Gasteiger partial charge in [-0.3, -0.25) is 9.20 Å². The van der Waals surface area contributed by atoms with Gasteiger partial charge in [-0.2, -0.15) is 0 Å². The Morgan fingerprint density at radius 3 is 3.04 bits per heavy atom. The molecule has 23 heavy (non-hydrogen) atoms. The summed E-state index contributed by atoms with van der Waals surface area (Å²) in [6.07, 6.45) is 5.37. The van der Waals surface area contributed by atoms with Crippen LogP contribution < -0.4 is 5.32 Å². The minimum Gasteiger partial charge on any atom is -0.325 e. The zero-order valence-corrected chi connectivity index (χ0v) is 13.3. The smallest absolute Gasteiger partial charge is 0.234 e. The van der Waals surface area contributed by atoms with Crippen molar-refractivity contribution in [2.75, 3.05) is 11.1 Å². The monoisotopic (exact) mass is 324 g/mol. The Labute approximate surface area is 138 Å². The van der Waals surface area contributed by atoms with E-state index in [1.54, 1.807) is 0 Å². The van der Waals surface area contributed by atoms with Crippen LogP contribution >= 0.6 is 11.8 Å². The van der Waals surface area contributed by atoms with Gasteiger partial charge in [0.15, 0.2) is 10.8 Å². The van der Waals surface area contributed by atoms with Gasteiger partial charge in [0.2, 0.25) is 5.91 Å². The molecule has 6 heteroatoms. The van der Waals surface area contributed by atoms with Gasteiger partial charge in [0, 0.05) is 11.9 Å². The predicted molar refractivity (Wildman–Crippen MR) is 90.8 cm³/mol. The number of nitrogens with zero attached hydrogens (tertiary/aromatic N) is 3. The van der Waals surface area contributed by atoms with E-state index in [1.165, 1.54) is 29.3 Å². The SMILES string of the molecule is O=C(CSc1nnc2ccccn12)Nc1ccc2c(c1)CCC2. The molecule has 1 N–H and O–H groups in total. The summed E-state index contributed by atoms with van der Waals surface area (Å²) in [5, 5.41) is 11.9. The van der Waals surface area contributed by atoms with Gasteiger partial charge in [-0.25, -0.2) is 0 Å². The topological polar surface area (TPSA) is 59.3 Å². The summed E-state index contributed by atoms with van der Waals surface area (Å²) in [4.78, 5) is 12.2. The van der Waals surface area contributed by atoms with Gasteiger partial charge in [-0.15, -0.1) is 10.2 Å². The first-order valence-electron chi connectivity index (χ1n) is 7.64. The minimum absolute atomic E-state index is 0.0272. The maximum absolute atomic E-state index is 12.2. The molecule has 0 aliphatic heterocycles. The van der Waals surface area contributed by atoms with E-state index in [1.807, 2.05) is 34.9 Å². The van der Waals surface area contributed by atoms with Crippen molar-refractivity contribution in [2.24, 2.45) is 0 Å². The Bertz CT molecular complexity index is 874. The molecule has 0 unspecified atom stereocenters. The number of nitrogens with one attached hydrogen (secondary N) is 1. The lowest BCUT2D eigenvalue weighted by Crippen LogP contribution is -2.14. The Balaban J connectivity index is 1.40. The molecule has 0 fully saturated rings. The molecule has 0 radical (unpaired) electrons. The molecule has 5 nitrogen and oxygen atoms in total. The second-order valence-electron chi connectivity index (χ2n) is 5.59. The van der Waals surface area contributed by atoms with Gasteiger partial charge in [0.25, 0.3) is 0 Å². The predicted octanol–water partition coefficient (Wildman–Crippen LogP) is 2.95. The summed E-state index contributed by atoms with van der Waals surface area (Å²) < 4.78 is 1.88. The second kappa shape index (κ2) is 6.04. The van der Waals surface area contributed by atoms with Gasteiger partial charge in [0.05, 0.1) is 5.75 Å². The number of fused-ring (bicyclic) bond motifs is 2. The fourth-order valence-corrected chi connectivity index (χ4v) is 3.62. The molecule has 0 spiro atoms. The fraction of sp³-hybridized carbons (Fsp3) is 0.235. The molecule has 2 heterocycles. The van der Waals surface area contributed by atoms with E-state index in [4.69, 9.17) is 0 Å². The molecule has 1 aliphatic carbocycles. The van der Waals surface area contributed by atoms with Crippen LogP contribution in [-0.4, -0.2) is 26.3 Å². The number of rotatable bonds is 4. The molecule has 4 rings (SSSR count). The van der Waals surface area contributed by atoms with Crippen LogP contribution in [0.25, 0.3) is 5.65 Å². The van der Waals surface area contributed by atoms with Crippen LogP contribution in [0, 0.1) is 0 Å². The molecule has 0 atom stereocenters. The average Bonchev–Trinajstić information content (AvgIpc) is 3.19. The number of pyridine rings is 1. The average molecular weight is 324 g/mol. The molecule has 1 aromatic carbocycles. The van der Waals surface area contributed by atoms with Gasteiger partial charge in [-0.1, -0.05) is 23.9 Å². The Kier molecular flexibility index (Phi) is 3.75. The third-order valence-electron chi connectivity index (χ3n) is 4.00. The number of amides is 1. The molecule has 2 aromatic heterocycles. The maximum atomic E-state index is 12.2. The lowest BCUT2D eigenvalue weighted by Gasteiger charge is -2.07. The summed E-state index contributed by atoms with van der Waals surface area (Å²) in [5.41, 5.74) is 4.43. The van der Waals surface area contributed by atoms with Gasteiger partial charge < -0.3 is 5.32 Å². The molecule has 1 aliphatic rings. The van der Waals surface area contributed by atoms with Crippen molar-refractivity contribution < 1.29 is 4.79 Å². The molecule has 0 saturated carbocycles. The number of hydrogen-bond acceptors (Lipinski definition) is 4. The number of aromatic nitrogens is 3. The highest BCUT2D eigenvalue weighted by Gasteiger charge is 2.13. The number of aryl methyl sites for hydroxylation is 2. The van der Waals surface area contributed by atoms with Crippen molar-refractivity contribution in [3.05, 3.63) is 53.7 Å². The Morgan fingerprint density at radius 2 is 2.09 bits per heavy atom. The lowest BCUT2D eigenvalue weighted by molar-refractivity contribution is -0.113. The van der Waals surface area contributed by atoms with Crippen LogP contribution in [0.3, 0.4) is 0 Å². The molecule has 0 bridgehead atoms. The first kappa shape index (κ1) is 14.3. The Hall–Kier alpha value is -2.34. The van der Waals surface area contributed by atoms with E-state index in [9.17, 15) is 4.79 Å². The second-order valence-corrected chi connectivity index (χ2v) is 6.53. The molecular formula is C17H16N4OS. The van der Waals surface area contributed by atoms with E-state index in [2.05, 4.69) is 27.6 Å². The van der Waals surface area contributed by atoms with Crippen molar-refractivity contribution in [1.29, 1.82) is 0 Å². The zero-order valence-electron chi connectivity index (χ0n) is 12.5. The molecule has 3 aromatic rings. The highest BCUT2D eigenvalue weighted by molar-refractivity contribution is 7.99. The molecular weight excluding hydrogens is 308 g/mol. The molecule has 1 amide bonds. The third-order valence-corrected chi connectivity index (χ3v) is 4.94. The normalized spacial score (nSPS) is 13.2. The quantitative estimate of drug-likeness (QED) is 0.750. The van der Waals surface area contributed by atoms with Crippen LogP contribution in [0.4, 0.5) is 5.69 Å². The van der Waals surface area contributed by atoms with Crippen LogP contribution in [0.5, 0.6) is 0 Å². The van der Waals surface area contributed by atoms with Crippen molar-refractivity contribution in [1.82, 2.24) is 14.6 Å². The highest BCUT2D eigenvalue weighted by atomic mass is 32.2. The van der Waals surface area contributed by atoms with Crippen LogP contribution in [0.2, 0.25) is 0 Å². The number of hydrogen-bond donors (Lipinski definition) is 1. The number of carbonyl (C=O) groups excluding carboxylic acids is 1. The largest absolute Gasteiger partial charge is 0.325 e. The first-order valence-corrected chi connectivity index (χ1v) is 8.62. The lowest BCUT2D eigenvalue weighted by atomic mass is 10.1. The van der Waals surface area contributed by atoms with Crippen molar-refractivity contribution in [3.8, 4) is 0 Å². The van der Waals surface area contributed by atoms with E-state index < -0.39 is 0 Å². The van der Waals surface area contributed by atoms with Gasteiger partial charge in [-0.05, 0) is 54.7 Å². The number of benzene rings is 1. The minimum atomic E-state index is -0.0272. The summed E-state index contributed by atoms with van der Waals surface area (Å²) >= 11 is 1.39. The van der Waals surface area contributed by atoms with E-state index in [0.29, 0.717) is 5.75 Å². The van der Waals surface area contributed by atoms with Crippen molar-refractivity contribution in [3.63, 3.8) is 0 Å². The Morgan fingerprint density at radius 1 is 1.17 bits per heavy atom. The summed E-state index contributed by atoms with van der Waals surface area (Å²) in [7, 11) is 0. The summed E-state index contributed by atoms with van der Waals surface area (Å²) in [6.45, 7) is 0. The maximum Gasteiger partial charge on any atom is 0.234 e. The van der Waals surface area contributed by atoms with Crippen molar-refractivity contribution in [2.45, 2.75) is 24.4 Å². The molecule has 0 saturated heterocycles. The number of carbonyl (C=O) groups is 1. The first-order chi connectivity index (χ1) is 11.3. The third kappa shape index (κ3) is 2.94. The van der Waals surface area contributed by atoms with Crippen LogP contribution in [-0.2, 0) is 17.6 Å². The number of anilines is 1. The molecule has 116 valence electrons. The van der Waals surface area contributed by atoms with Crippen LogP contribution in [0.1, 0.15) is 17.5 Å². The highest BCUT2D eigenvalue weighted by Crippen LogP contribution is 2.25. The standard InChI is InChI=1S/C17H16N4OS/c22-16(18-14-8-7-12-4-3-5-13(12)10-14)11-23-17-20-19-15-6-1-2-9-21(15)17/h1-2,6-10H,3-5,11H2,(H,18,22). The van der Waals surface area contributed by atoms with Gasteiger partial charge >= 0.3 is 0 Å².